The highest BCUT2D eigenvalue weighted by Crippen LogP contribution is 2.28. The minimum Gasteiger partial charge on any atom is -0.326 e. The first-order valence-corrected chi connectivity index (χ1v) is 9.23. The molecular weight excluding hydrogens is 371 g/mol. The van der Waals surface area contributed by atoms with E-state index in [1.54, 1.807) is 18.2 Å². The molecule has 1 saturated heterocycles. The summed E-state index contributed by atoms with van der Waals surface area (Å²) in [5.74, 6) is 0.585. The molecule has 3 heterocycles. The van der Waals surface area contributed by atoms with E-state index < -0.39 is 0 Å². The molecule has 0 radical (unpaired) electrons. The van der Waals surface area contributed by atoms with Crippen molar-refractivity contribution in [3.05, 3.63) is 69.7 Å². The summed E-state index contributed by atoms with van der Waals surface area (Å²) in [5, 5.41) is 0.607. The molecule has 1 aliphatic rings. The van der Waals surface area contributed by atoms with Crippen LogP contribution < -0.4 is 5.73 Å². The maximum atomic E-state index is 13.1. The van der Waals surface area contributed by atoms with E-state index in [1.165, 1.54) is 0 Å². The third kappa shape index (κ3) is 3.12. The van der Waals surface area contributed by atoms with Crippen LogP contribution >= 0.6 is 23.2 Å². The predicted molar refractivity (Wildman–Crippen MR) is 103 cm³/mol. The number of likely N-dealkylation sites (tertiary alicyclic amines) is 1. The van der Waals surface area contributed by atoms with E-state index in [-0.39, 0.29) is 16.8 Å². The highest BCUT2D eigenvalue weighted by atomic mass is 35.5. The quantitative estimate of drug-likeness (QED) is 0.695. The molecule has 1 atom stereocenters. The van der Waals surface area contributed by atoms with E-state index >= 15 is 0 Å². The van der Waals surface area contributed by atoms with Gasteiger partial charge >= 0.3 is 0 Å². The van der Waals surface area contributed by atoms with Crippen molar-refractivity contribution in [2.45, 2.75) is 19.0 Å². The minimum atomic E-state index is -0.231. The van der Waals surface area contributed by atoms with Crippen LogP contribution in [0, 0.1) is 0 Å². The highest BCUT2D eigenvalue weighted by molar-refractivity contribution is 6.44. The van der Waals surface area contributed by atoms with Gasteiger partial charge in [0.25, 0.3) is 0 Å². The SMILES string of the molecule is NC1CCN(Cc2nc(C(=O)c3cccc(Cl)c3Cl)c3ccccn23)C1. The normalized spacial score (nSPS) is 17.9. The molecule has 2 aromatic heterocycles. The van der Waals surface area contributed by atoms with Crippen molar-refractivity contribution < 1.29 is 4.79 Å². The van der Waals surface area contributed by atoms with Crippen LogP contribution in [0.1, 0.15) is 28.3 Å². The monoisotopic (exact) mass is 388 g/mol. The van der Waals surface area contributed by atoms with Crippen LogP contribution in [-0.4, -0.2) is 39.2 Å². The van der Waals surface area contributed by atoms with E-state index in [9.17, 15) is 4.79 Å². The fourth-order valence-electron chi connectivity index (χ4n) is 3.39. The Balaban J connectivity index is 1.76. The third-order valence-electron chi connectivity index (χ3n) is 4.71. The van der Waals surface area contributed by atoms with Crippen LogP contribution in [-0.2, 0) is 6.54 Å². The van der Waals surface area contributed by atoms with E-state index in [1.807, 2.05) is 28.8 Å². The summed E-state index contributed by atoms with van der Waals surface area (Å²) in [7, 11) is 0. The second-order valence-corrected chi connectivity index (χ2v) is 7.33. The van der Waals surface area contributed by atoms with Gasteiger partial charge in [-0.3, -0.25) is 9.69 Å². The standard InChI is InChI=1S/C19H18Cl2N4O/c20-14-5-3-4-13(17(14)21)19(26)18-15-6-1-2-8-25(15)16(23-18)11-24-9-7-12(22)10-24/h1-6,8,12H,7,9-11,22H2. The number of fused-ring (bicyclic) bond motifs is 1. The van der Waals surface area contributed by atoms with Crippen LogP contribution in [0.5, 0.6) is 0 Å². The van der Waals surface area contributed by atoms with Crippen LogP contribution in [0.25, 0.3) is 5.52 Å². The smallest absolute Gasteiger partial charge is 0.215 e. The third-order valence-corrected chi connectivity index (χ3v) is 5.53. The van der Waals surface area contributed by atoms with Gasteiger partial charge in [-0.1, -0.05) is 35.3 Å². The topological polar surface area (TPSA) is 63.6 Å². The Kier molecular flexibility index (Phi) is 4.71. The second kappa shape index (κ2) is 7.00. The van der Waals surface area contributed by atoms with E-state index in [4.69, 9.17) is 28.9 Å². The number of carbonyl (C=O) groups is 1. The van der Waals surface area contributed by atoms with Crippen LogP contribution in [0.15, 0.2) is 42.6 Å². The molecule has 0 aliphatic carbocycles. The predicted octanol–water partition coefficient (Wildman–Crippen LogP) is 3.41. The average Bonchev–Trinajstić information content (AvgIpc) is 3.21. The lowest BCUT2D eigenvalue weighted by Gasteiger charge is -2.13. The van der Waals surface area contributed by atoms with Gasteiger partial charge in [0, 0.05) is 30.9 Å². The second-order valence-electron chi connectivity index (χ2n) is 6.55. The lowest BCUT2D eigenvalue weighted by molar-refractivity contribution is 0.103. The van der Waals surface area contributed by atoms with Gasteiger partial charge in [0.05, 0.1) is 22.1 Å². The van der Waals surface area contributed by atoms with E-state index in [2.05, 4.69) is 9.88 Å². The summed E-state index contributed by atoms with van der Waals surface area (Å²) in [6, 6.07) is 11.0. The molecule has 1 unspecified atom stereocenters. The Morgan fingerprint density at radius 1 is 1.23 bits per heavy atom. The number of nitrogens with zero attached hydrogens (tertiary/aromatic N) is 3. The van der Waals surface area contributed by atoms with Crippen LogP contribution in [0.4, 0.5) is 0 Å². The molecule has 7 heteroatoms. The first-order chi connectivity index (χ1) is 12.5. The van der Waals surface area contributed by atoms with E-state index in [0.29, 0.717) is 22.8 Å². The number of nitrogens with two attached hydrogens (primary N) is 1. The number of benzene rings is 1. The number of rotatable bonds is 4. The van der Waals surface area contributed by atoms with Crippen molar-refractivity contribution in [1.82, 2.24) is 14.3 Å². The summed E-state index contributed by atoms with van der Waals surface area (Å²) in [5.41, 5.74) is 7.50. The molecule has 0 spiro atoms. The largest absolute Gasteiger partial charge is 0.326 e. The number of pyridine rings is 1. The van der Waals surface area contributed by atoms with Gasteiger partial charge in [-0.2, -0.15) is 0 Å². The van der Waals surface area contributed by atoms with E-state index in [0.717, 1.165) is 30.9 Å². The van der Waals surface area contributed by atoms with Gasteiger partial charge in [0.15, 0.2) is 0 Å². The van der Waals surface area contributed by atoms with Gasteiger partial charge in [-0.05, 0) is 30.7 Å². The number of aromatic nitrogens is 2. The molecule has 4 rings (SSSR count). The first-order valence-electron chi connectivity index (χ1n) is 8.47. The molecule has 0 amide bonds. The zero-order chi connectivity index (χ0) is 18.3. The van der Waals surface area contributed by atoms with Gasteiger partial charge < -0.3 is 10.1 Å². The molecule has 134 valence electrons. The zero-order valence-electron chi connectivity index (χ0n) is 14.0. The molecule has 5 nitrogen and oxygen atoms in total. The minimum absolute atomic E-state index is 0.201. The lowest BCUT2D eigenvalue weighted by Crippen LogP contribution is -2.26. The van der Waals surface area contributed by atoms with Crippen LogP contribution in [0.3, 0.4) is 0 Å². The molecule has 2 N–H and O–H groups in total. The Morgan fingerprint density at radius 3 is 2.85 bits per heavy atom. The molecule has 0 bridgehead atoms. The van der Waals surface area contributed by atoms with Gasteiger partial charge in [0.2, 0.25) is 5.78 Å². The van der Waals surface area contributed by atoms with Crippen LogP contribution in [0.2, 0.25) is 10.0 Å². The van der Waals surface area contributed by atoms with Gasteiger partial charge in [-0.15, -0.1) is 0 Å². The summed E-state index contributed by atoms with van der Waals surface area (Å²) in [4.78, 5) is 20.0. The fourth-order valence-corrected chi connectivity index (χ4v) is 3.78. The summed E-state index contributed by atoms with van der Waals surface area (Å²) < 4.78 is 1.95. The lowest BCUT2D eigenvalue weighted by atomic mass is 10.1. The summed E-state index contributed by atoms with van der Waals surface area (Å²) in [6.07, 6.45) is 2.90. The van der Waals surface area contributed by atoms with Gasteiger partial charge in [-0.25, -0.2) is 4.98 Å². The Morgan fingerprint density at radius 2 is 2.08 bits per heavy atom. The van der Waals surface area contributed by atoms with Crippen molar-refractivity contribution in [3.8, 4) is 0 Å². The van der Waals surface area contributed by atoms with Crippen molar-refractivity contribution in [3.63, 3.8) is 0 Å². The number of hydrogen-bond donors (Lipinski definition) is 1. The Labute approximate surface area is 161 Å². The van der Waals surface area contributed by atoms with Crippen molar-refractivity contribution in [1.29, 1.82) is 0 Å². The number of ketones is 1. The number of carbonyl (C=O) groups excluding carboxylic acids is 1. The summed E-state index contributed by atoms with van der Waals surface area (Å²) >= 11 is 12.3. The fraction of sp³-hybridized carbons (Fsp3) is 0.263. The molecule has 1 aromatic carbocycles. The molecule has 1 aliphatic heterocycles. The Bertz CT molecular complexity index is 985. The first kappa shape index (κ1) is 17.5. The number of halogens is 2. The maximum absolute atomic E-state index is 13.1. The number of hydrogen-bond acceptors (Lipinski definition) is 4. The molecule has 0 saturated carbocycles. The Hall–Kier alpha value is -1.92. The molecule has 3 aromatic rings. The maximum Gasteiger partial charge on any atom is 0.215 e. The molecule has 26 heavy (non-hydrogen) atoms. The highest BCUT2D eigenvalue weighted by Gasteiger charge is 2.24. The van der Waals surface area contributed by atoms with Gasteiger partial charge in [0.1, 0.15) is 11.5 Å². The van der Waals surface area contributed by atoms with Crippen molar-refractivity contribution in [2.24, 2.45) is 5.73 Å². The van der Waals surface area contributed by atoms with Crippen molar-refractivity contribution in [2.75, 3.05) is 13.1 Å². The molecular formula is C19H18Cl2N4O. The average molecular weight is 389 g/mol. The van der Waals surface area contributed by atoms with Crippen molar-refractivity contribution >= 4 is 34.5 Å². The molecule has 1 fully saturated rings. The summed E-state index contributed by atoms with van der Waals surface area (Å²) in [6.45, 7) is 2.42. The zero-order valence-corrected chi connectivity index (χ0v) is 15.5. The number of imidazole rings is 1.